The second-order valence-corrected chi connectivity index (χ2v) is 7.08. The van der Waals surface area contributed by atoms with Crippen LogP contribution in [0.1, 0.15) is 20.3 Å². The summed E-state index contributed by atoms with van der Waals surface area (Å²) in [7, 11) is -3.37. The fourth-order valence-electron chi connectivity index (χ4n) is 1.94. The number of sulfonamides is 1. The Morgan fingerprint density at radius 3 is 2.62 bits per heavy atom. The summed E-state index contributed by atoms with van der Waals surface area (Å²) in [4.78, 5) is 0. The maximum Gasteiger partial charge on any atom is 0.233 e. The van der Waals surface area contributed by atoms with Gasteiger partial charge in [-0.25, -0.2) is 8.42 Å². The van der Waals surface area contributed by atoms with Crippen molar-refractivity contribution in [1.29, 1.82) is 0 Å². The molecule has 1 aromatic rings. The molecule has 0 aliphatic carbocycles. The molecule has 0 radical (unpaired) electrons. The Bertz CT molecular complexity index is 572. The molecule has 118 valence electrons. The average Bonchev–Trinajstić information content (AvgIpc) is 2.62. The fourth-order valence-corrected chi connectivity index (χ4v) is 2.91. The first-order chi connectivity index (χ1) is 9.96. The molecular formula is C14H22N2O4S. The van der Waals surface area contributed by atoms with Gasteiger partial charge in [-0.15, -0.1) is 0 Å². The minimum Gasteiger partial charge on any atom is -0.490 e. The van der Waals surface area contributed by atoms with Gasteiger partial charge in [-0.1, -0.05) is 13.8 Å². The molecule has 0 fully saturated rings. The molecule has 1 aliphatic heterocycles. The van der Waals surface area contributed by atoms with Gasteiger partial charge in [0.2, 0.25) is 10.0 Å². The van der Waals surface area contributed by atoms with Crippen molar-refractivity contribution < 1.29 is 17.9 Å². The number of hydrogen-bond donors (Lipinski definition) is 2. The van der Waals surface area contributed by atoms with E-state index < -0.39 is 10.0 Å². The molecule has 2 rings (SSSR count). The Morgan fingerprint density at radius 1 is 1.19 bits per heavy atom. The predicted octanol–water partition coefficient (Wildman–Crippen LogP) is 1.59. The molecule has 7 heteroatoms. The lowest BCUT2D eigenvalue weighted by atomic mass is 10.3. The first kappa shape index (κ1) is 15.9. The highest BCUT2D eigenvalue weighted by Crippen LogP contribution is 2.32. The van der Waals surface area contributed by atoms with E-state index in [4.69, 9.17) is 9.47 Å². The van der Waals surface area contributed by atoms with E-state index in [9.17, 15) is 8.42 Å². The lowest BCUT2D eigenvalue weighted by Crippen LogP contribution is -2.30. The molecule has 0 aromatic heterocycles. The van der Waals surface area contributed by atoms with Gasteiger partial charge in [0.15, 0.2) is 11.5 Å². The van der Waals surface area contributed by atoms with E-state index in [2.05, 4.69) is 10.0 Å². The number of hydrogen-bond acceptors (Lipinski definition) is 5. The first-order valence-electron chi connectivity index (χ1n) is 7.10. The zero-order valence-electron chi connectivity index (χ0n) is 12.4. The number of nitrogens with one attached hydrogen (secondary N) is 2. The maximum atomic E-state index is 12.0. The molecule has 0 bridgehead atoms. The zero-order valence-corrected chi connectivity index (χ0v) is 13.2. The highest BCUT2D eigenvalue weighted by Gasteiger charge is 2.14. The van der Waals surface area contributed by atoms with Crippen molar-refractivity contribution in [2.45, 2.75) is 26.3 Å². The van der Waals surface area contributed by atoms with Crippen LogP contribution in [0.5, 0.6) is 11.5 Å². The third kappa shape index (κ3) is 5.09. The molecule has 21 heavy (non-hydrogen) atoms. The Hall–Kier alpha value is -1.47. The lowest BCUT2D eigenvalue weighted by Gasteiger charge is -2.12. The summed E-state index contributed by atoms with van der Waals surface area (Å²) in [6.07, 6.45) is 0.816. The van der Waals surface area contributed by atoms with Crippen LogP contribution >= 0.6 is 0 Å². The lowest BCUT2D eigenvalue weighted by molar-refractivity contribution is 0.297. The molecule has 0 saturated carbocycles. The van der Waals surface area contributed by atoms with E-state index >= 15 is 0 Å². The monoisotopic (exact) mass is 314 g/mol. The molecule has 0 saturated heterocycles. The predicted molar refractivity (Wildman–Crippen MR) is 82.6 cm³/mol. The molecular weight excluding hydrogens is 292 g/mol. The Kier molecular flexibility index (Phi) is 5.30. The molecule has 0 unspecified atom stereocenters. The van der Waals surface area contributed by atoms with Crippen LogP contribution in [-0.4, -0.2) is 40.0 Å². The van der Waals surface area contributed by atoms with Crippen LogP contribution in [0.3, 0.4) is 0 Å². The standard InChI is InChI=1S/C14H22N2O4S/c1-11(2)15-6-9-21(17,18)16-12-4-5-13-14(10-12)20-8-3-7-19-13/h4-5,10-11,15-16H,3,6-9H2,1-2H3. The Morgan fingerprint density at radius 2 is 1.90 bits per heavy atom. The van der Waals surface area contributed by atoms with Gasteiger partial charge < -0.3 is 14.8 Å². The molecule has 1 aliphatic rings. The summed E-state index contributed by atoms with van der Waals surface area (Å²) in [5.41, 5.74) is 0.490. The first-order valence-corrected chi connectivity index (χ1v) is 8.75. The van der Waals surface area contributed by atoms with Crippen LogP contribution < -0.4 is 19.5 Å². The number of benzene rings is 1. The number of anilines is 1. The van der Waals surface area contributed by atoms with Crippen LogP contribution in [0.2, 0.25) is 0 Å². The highest BCUT2D eigenvalue weighted by atomic mass is 32.2. The van der Waals surface area contributed by atoms with Crippen LogP contribution in [-0.2, 0) is 10.0 Å². The molecule has 0 spiro atoms. The van der Waals surface area contributed by atoms with Gasteiger partial charge in [0, 0.05) is 25.1 Å². The van der Waals surface area contributed by atoms with Gasteiger partial charge in [-0.2, -0.15) is 0 Å². The van der Waals surface area contributed by atoms with Crippen molar-refractivity contribution in [3.8, 4) is 11.5 Å². The maximum absolute atomic E-state index is 12.0. The van der Waals surface area contributed by atoms with E-state index in [1.54, 1.807) is 18.2 Å². The van der Waals surface area contributed by atoms with Crippen LogP contribution in [0.15, 0.2) is 18.2 Å². The van der Waals surface area contributed by atoms with E-state index in [1.807, 2.05) is 13.8 Å². The Balaban J connectivity index is 2.00. The topological polar surface area (TPSA) is 76.7 Å². The number of ether oxygens (including phenoxy) is 2. The molecule has 1 aromatic carbocycles. The van der Waals surface area contributed by atoms with E-state index in [-0.39, 0.29) is 11.8 Å². The molecule has 6 nitrogen and oxygen atoms in total. The quantitative estimate of drug-likeness (QED) is 0.834. The van der Waals surface area contributed by atoms with Gasteiger partial charge >= 0.3 is 0 Å². The van der Waals surface area contributed by atoms with Gasteiger partial charge in [-0.3, -0.25) is 4.72 Å². The highest BCUT2D eigenvalue weighted by molar-refractivity contribution is 7.92. The third-order valence-electron chi connectivity index (χ3n) is 2.94. The van der Waals surface area contributed by atoms with E-state index in [1.165, 1.54) is 0 Å². The van der Waals surface area contributed by atoms with Gasteiger partial charge in [0.05, 0.1) is 24.7 Å². The summed E-state index contributed by atoms with van der Waals surface area (Å²) in [6.45, 7) is 5.55. The summed E-state index contributed by atoms with van der Waals surface area (Å²) < 4.78 is 37.6. The van der Waals surface area contributed by atoms with Crippen molar-refractivity contribution >= 4 is 15.7 Å². The minimum atomic E-state index is -3.37. The average molecular weight is 314 g/mol. The fraction of sp³-hybridized carbons (Fsp3) is 0.571. The van der Waals surface area contributed by atoms with Gasteiger partial charge in [0.1, 0.15) is 0 Å². The normalized spacial score (nSPS) is 14.8. The van der Waals surface area contributed by atoms with Crippen molar-refractivity contribution in [1.82, 2.24) is 5.32 Å². The van der Waals surface area contributed by atoms with Crippen LogP contribution in [0.25, 0.3) is 0 Å². The van der Waals surface area contributed by atoms with Crippen LogP contribution in [0.4, 0.5) is 5.69 Å². The minimum absolute atomic E-state index is 0.0274. The smallest absolute Gasteiger partial charge is 0.233 e. The number of fused-ring (bicyclic) bond motifs is 1. The van der Waals surface area contributed by atoms with Crippen molar-refractivity contribution in [2.24, 2.45) is 0 Å². The summed E-state index contributed by atoms with van der Waals surface area (Å²) in [5, 5.41) is 3.08. The number of rotatable bonds is 6. The summed E-state index contributed by atoms with van der Waals surface area (Å²) >= 11 is 0. The van der Waals surface area contributed by atoms with Crippen molar-refractivity contribution in [2.75, 3.05) is 30.2 Å². The molecule has 1 heterocycles. The Labute approximate surface area is 125 Å². The largest absolute Gasteiger partial charge is 0.490 e. The van der Waals surface area contributed by atoms with Crippen molar-refractivity contribution in [3.63, 3.8) is 0 Å². The van der Waals surface area contributed by atoms with Gasteiger partial charge in [-0.05, 0) is 12.1 Å². The SMILES string of the molecule is CC(C)NCCS(=O)(=O)Nc1ccc2c(c1)OCCCO2. The molecule has 0 amide bonds. The van der Waals surface area contributed by atoms with Crippen molar-refractivity contribution in [3.05, 3.63) is 18.2 Å². The van der Waals surface area contributed by atoms with Crippen LogP contribution in [0, 0.1) is 0 Å². The summed E-state index contributed by atoms with van der Waals surface area (Å²) in [6, 6.07) is 5.33. The second-order valence-electron chi connectivity index (χ2n) is 5.24. The zero-order chi connectivity index (χ0) is 15.3. The van der Waals surface area contributed by atoms with E-state index in [0.717, 1.165) is 6.42 Å². The summed E-state index contributed by atoms with van der Waals surface area (Å²) in [5.74, 6) is 1.25. The van der Waals surface area contributed by atoms with Gasteiger partial charge in [0.25, 0.3) is 0 Å². The molecule has 2 N–H and O–H groups in total. The van der Waals surface area contributed by atoms with E-state index in [0.29, 0.717) is 36.9 Å². The molecule has 0 atom stereocenters. The second kappa shape index (κ2) is 7.00. The third-order valence-corrected chi connectivity index (χ3v) is 4.23.